The molecule has 0 aliphatic carbocycles. The molecule has 28 heavy (non-hydrogen) atoms. The van der Waals surface area contributed by atoms with Gasteiger partial charge in [-0.2, -0.15) is 0 Å². The zero-order valence-corrected chi connectivity index (χ0v) is 16.6. The molecular weight excluding hydrogens is 368 g/mol. The van der Waals surface area contributed by atoms with Crippen molar-refractivity contribution in [1.82, 2.24) is 19.7 Å². The Balaban J connectivity index is 1.50. The first-order valence-corrected chi connectivity index (χ1v) is 9.95. The number of hydrogen-bond donors (Lipinski definition) is 0. The largest absolute Gasteiger partial charge is 0.312 e. The quantitative estimate of drug-likeness (QED) is 0.356. The average molecular weight is 388 g/mol. The van der Waals surface area contributed by atoms with Crippen LogP contribution in [0.15, 0.2) is 72.3 Å². The van der Waals surface area contributed by atoms with E-state index in [0.717, 1.165) is 27.1 Å². The van der Waals surface area contributed by atoms with Crippen molar-refractivity contribution in [2.75, 3.05) is 0 Å². The number of pyridine rings is 1. The number of benzene rings is 2. The second-order valence-corrected chi connectivity index (χ2v) is 8.05. The number of hydrogen-bond acceptors (Lipinski definition) is 5. The van der Waals surface area contributed by atoms with Crippen LogP contribution in [0.3, 0.4) is 0 Å². The Kier molecular flexibility index (Phi) is 5.21. The SMILES string of the molecule is C[C@H](Sc1nncn1C)c1cccc(CC(=O)c2cc3ccccc3cn2)c1. The molecule has 5 nitrogen and oxygen atoms in total. The number of aromatic nitrogens is 4. The van der Waals surface area contributed by atoms with Crippen molar-refractivity contribution in [3.63, 3.8) is 0 Å². The molecule has 2 aromatic carbocycles. The van der Waals surface area contributed by atoms with Gasteiger partial charge in [0.1, 0.15) is 12.0 Å². The molecule has 0 spiro atoms. The Morgan fingerprint density at radius 3 is 2.71 bits per heavy atom. The molecule has 0 radical (unpaired) electrons. The maximum Gasteiger partial charge on any atom is 0.191 e. The van der Waals surface area contributed by atoms with Gasteiger partial charge in [0.25, 0.3) is 0 Å². The molecule has 1 atom stereocenters. The van der Waals surface area contributed by atoms with Crippen molar-refractivity contribution in [3.8, 4) is 0 Å². The van der Waals surface area contributed by atoms with E-state index in [1.165, 1.54) is 0 Å². The normalized spacial score (nSPS) is 12.2. The van der Waals surface area contributed by atoms with Crippen LogP contribution in [0, 0.1) is 0 Å². The fourth-order valence-electron chi connectivity index (χ4n) is 3.07. The Bertz CT molecular complexity index is 1140. The van der Waals surface area contributed by atoms with Gasteiger partial charge >= 0.3 is 0 Å². The molecular formula is C22H20N4OS. The van der Waals surface area contributed by atoms with Crippen LogP contribution in [0.4, 0.5) is 0 Å². The van der Waals surface area contributed by atoms with Crippen LogP contribution in [0.2, 0.25) is 0 Å². The predicted molar refractivity (Wildman–Crippen MR) is 111 cm³/mol. The van der Waals surface area contributed by atoms with Crippen LogP contribution in [0.1, 0.15) is 33.8 Å². The lowest BCUT2D eigenvalue weighted by Crippen LogP contribution is -2.06. The third kappa shape index (κ3) is 3.97. The number of ketones is 1. The molecule has 0 aliphatic heterocycles. The van der Waals surface area contributed by atoms with Crippen LogP contribution in [-0.4, -0.2) is 25.5 Å². The third-order valence-electron chi connectivity index (χ3n) is 4.65. The highest BCUT2D eigenvalue weighted by Gasteiger charge is 2.14. The zero-order valence-electron chi connectivity index (χ0n) is 15.7. The summed E-state index contributed by atoms with van der Waals surface area (Å²) in [6, 6.07) is 18.0. The van der Waals surface area contributed by atoms with Crippen molar-refractivity contribution in [2.24, 2.45) is 7.05 Å². The minimum Gasteiger partial charge on any atom is -0.312 e. The van der Waals surface area contributed by atoms with Crippen molar-refractivity contribution in [3.05, 3.63) is 83.9 Å². The number of Topliss-reactive ketones (excluding diaryl/α,β-unsaturated/α-hetero) is 1. The summed E-state index contributed by atoms with van der Waals surface area (Å²) in [4.78, 5) is 17.1. The van der Waals surface area contributed by atoms with E-state index in [1.807, 2.05) is 54.1 Å². The monoisotopic (exact) mass is 388 g/mol. The van der Waals surface area contributed by atoms with Gasteiger partial charge in [-0.05, 0) is 29.5 Å². The second kappa shape index (κ2) is 7.94. The molecule has 2 heterocycles. The minimum absolute atomic E-state index is 0.0245. The molecule has 4 aromatic rings. The molecule has 0 unspecified atom stereocenters. The molecule has 6 heteroatoms. The van der Waals surface area contributed by atoms with Gasteiger partial charge in [-0.1, -0.05) is 60.3 Å². The van der Waals surface area contributed by atoms with Gasteiger partial charge in [-0.25, -0.2) is 0 Å². The van der Waals surface area contributed by atoms with Crippen molar-refractivity contribution >= 4 is 28.3 Å². The van der Waals surface area contributed by atoms with Crippen LogP contribution < -0.4 is 0 Å². The van der Waals surface area contributed by atoms with E-state index in [9.17, 15) is 4.79 Å². The highest BCUT2D eigenvalue weighted by Crippen LogP contribution is 2.33. The summed E-state index contributed by atoms with van der Waals surface area (Å²) in [5.41, 5.74) is 2.65. The van der Waals surface area contributed by atoms with Crippen LogP contribution in [0.25, 0.3) is 10.8 Å². The van der Waals surface area contributed by atoms with Gasteiger partial charge in [0.2, 0.25) is 0 Å². The lowest BCUT2D eigenvalue weighted by molar-refractivity contribution is 0.0988. The lowest BCUT2D eigenvalue weighted by Gasteiger charge is -2.12. The summed E-state index contributed by atoms with van der Waals surface area (Å²) in [6.07, 6.45) is 3.79. The van der Waals surface area contributed by atoms with E-state index < -0.39 is 0 Å². The van der Waals surface area contributed by atoms with Crippen LogP contribution in [-0.2, 0) is 13.5 Å². The average Bonchev–Trinajstić information content (AvgIpc) is 3.12. The number of carbonyl (C=O) groups excluding carboxylic acids is 1. The van der Waals surface area contributed by atoms with E-state index in [0.29, 0.717) is 12.1 Å². The third-order valence-corrected chi connectivity index (χ3v) is 5.86. The van der Waals surface area contributed by atoms with Crippen molar-refractivity contribution in [1.29, 1.82) is 0 Å². The highest BCUT2D eigenvalue weighted by atomic mass is 32.2. The van der Waals surface area contributed by atoms with E-state index in [-0.39, 0.29) is 11.0 Å². The molecule has 0 saturated heterocycles. The first-order valence-electron chi connectivity index (χ1n) is 9.07. The summed E-state index contributed by atoms with van der Waals surface area (Å²) in [5.74, 6) is 0.0245. The molecule has 0 aliphatic rings. The summed E-state index contributed by atoms with van der Waals surface area (Å²) in [5, 5.41) is 11.2. The van der Waals surface area contributed by atoms with Gasteiger partial charge in [-0.15, -0.1) is 10.2 Å². The Hall–Kier alpha value is -2.99. The second-order valence-electron chi connectivity index (χ2n) is 6.75. The number of thioether (sulfide) groups is 1. The molecule has 2 aromatic heterocycles. The summed E-state index contributed by atoms with van der Waals surface area (Å²) in [7, 11) is 1.93. The molecule has 0 bridgehead atoms. The van der Waals surface area contributed by atoms with Gasteiger partial charge in [0, 0.05) is 30.3 Å². The molecule has 140 valence electrons. The first kappa shape index (κ1) is 18.4. The van der Waals surface area contributed by atoms with E-state index >= 15 is 0 Å². The molecule has 0 amide bonds. The first-order chi connectivity index (χ1) is 13.6. The van der Waals surface area contributed by atoms with Gasteiger partial charge in [0.05, 0.1) is 0 Å². The topological polar surface area (TPSA) is 60.7 Å². The van der Waals surface area contributed by atoms with E-state index in [2.05, 4.69) is 34.2 Å². The molecule has 4 rings (SSSR count). The van der Waals surface area contributed by atoms with Crippen LogP contribution in [0.5, 0.6) is 0 Å². The molecule has 0 saturated carbocycles. The lowest BCUT2D eigenvalue weighted by atomic mass is 10.0. The van der Waals surface area contributed by atoms with Crippen LogP contribution >= 0.6 is 11.8 Å². The maximum atomic E-state index is 12.8. The predicted octanol–water partition coefficient (Wildman–Crippen LogP) is 4.64. The maximum absolute atomic E-state index is 12.8. The fourth-order valence-corrected chi connectivity index (χ4v) is 3.98. The Morgan fingerprint density at radius 1 is 1.11 bits per heavy atom. The number of carbonyl (C=O) groups is 1. The van der Waals surface area contributed by atoms with Gasteiger partial charge in [-0.3, -0.25) is 9.78 Å². The number of rotatable bonds is 6. The van der Waals surface area contributed by atoms with E-state index in [4.69, 9.17) is 0 Å². The molecule has 0 N–H and O–H groups in total. The van der Waals surface area contributed by atoms with Crippen molar-refractivity contribution in [2.45, 2.75) is 23.8 Å². The number of aryl methyl sites for hydroxylation is 1. The highest BCUT2D eigenvalue weighted by molar-refractivity contribution is 7.99. The Morgan fingerprint density at radius 2 is 1.93 bits per heavy atom. The summed E-state index contributed by atoms with van der Waals surface area (Å²) in [6.45, 7) is 2.13. The summed E-state index contributed by atoms with van der Waals surface area (Å²) < 4.78 is 1.90. The Labute approximate surface area is 167 Å². The number of nitrogens with zero attached hydrogens (tertiary/aromatic N) is 4. The van der Waals surface area contributed by atoms with Crippen molar-refractivity contribution < 1.29 is 4.79 Å². The van der Waals surface area contributed by atoms with Gasteiger partial charge < -0.3 is 4.57 Å². The number of fused-ring (bicyclic) bond motifs is 1. The minimum atomic E-state index is 0.0245. The van der Waals surface area contributed by atoms with E-state index in [1.54, 1.807) is 24.3 Å². The molecule has 0 fully saturated rings. The fraction of sp³-hybridized carbons (Fsp3) is 0.182. The standard InChI is InChI=1S/C22H20N4OS/c1-15(28-22-25-24-14-26(22)2)17-9-5-6-16(10-17)11-21(27)20-12-18-7-3-4-8-19(18)13-23-20/h3-10,12-15H,11H2,1-2H3/t15-/m0/s1. The van der Waals surface area contributed by atoms with Gasteiger partial charge in [0.15, 0.2) is 10.9 Å². The summed E-state index contributed by atoms with van der Waals surface area (Å²) >= 11 is 1.65. The smallest absolute Gasteiger partial charge is 0.191 e. The zero-order chi connectivity index (χ0) is 19.5.